The van der Waals surface area contributed by atoms with Crippen molar-refractivity contribution in [1.29, 1.82) is 0 Å². The van der Waals surface area contributed by atoms with Crippen molar-refractivity contribution in [3.8, 4) is 0 Å². The molecule has 6 heteroatoms. The van der Waals surface area contributed by atoms with Crippen LogP contribution in [0, 0.1) is 17.6 Å². The first-order chi connectivity index (χ1) is 11.6. The van der Waals surface area contributed by atoms with Crippen LogP contribution in [0.2, 0.25) is 0 Å². The van der Waals surface area contributed by atoms with Crippen molar-refractivity contribution in [2.45, 2.75) is 44.8 Å². The average Bonchev–Trinajstić information content (AvgIpc) is 3.12. The number of carbonyl (C=O) groups is 1. The van der Waals surface area contributed by atoms with Gasteiger partial charge in [0.05, 0.1) is 12.1 Å². The van der Waals surface area contributed by atoms with E-state index >= 15 is 0 Å². The first kappa shape index (κ1) is 17.1. The van der Waals surface area contributed by atoms with Crippen molar-refractivity contribution in [3.63, 3.8) is 0 Å². The van der Waals surface area contributed by atoms with Gasteiger partial charge in [0.1, 0.15) is 0 Å². The molecular formula is C18H24F2N2O2. The van der Waals surface area contributed by atoms with Crippen LogP contribution >= 0.6 is 0 Å². The number of hydrogen-bond donors (Lipinski definition) is 1. The van der Waals surface area contributed by atoms with Gasteiger partial charge in [-0.3, -0.25) is 0 Å². The van der Waals surface area contributed by atoms with Crippen molar-refractivity contribution >= 4 is 6.03 Å². The van der Waals surface area contributed by atoms with E-state index in [2.05, 4.69) is 5.32 Å². The molecule has 2 heterocycles. The molecule has 2 saturated heterocycles. The zero-order chi connectivity index (χ0) is 17.1. The molecule has 1 aromatic carbocycles. The maximum atomic E-state index is 13.8. The normalized spacial score (nSPS) is 23.3. The van der Waals surface area contributed by atoms with Crippen LogP contribution < -0.4 is 5.32 Å². The highest BCUT2D eigenvalue weighted by Gasteiger charge is 2.31. The van der Waals surface area contributed by atoms with E-state index in [1.165, 1.54) is 12.1 Å². The van der Waals surface area contributed by atoms with Gasteiger partial charge in [-0.05, 0) is 44.6 Å². The molecule has 0 radical (unpaired) electrons. The van der Waals surface area contributed by atoms with E-state index in [9.17, 15) is 13.6 Å². The third-order valence-electron chi connectivity index (χ3n) is 5.11. The second kappa shape index (κ2) is 7.47. The van der Waals surface area contributed by atoms with Gasteiger partial charge in [0.25, 0.3) is 0 Å². The molecule has 1 aromatic rings. The summed E-state index contributed by atoms with van der Waals surface area (Å²) in [4.78, 5) is 14.1. The van der Waals surface area contributed by atoms with Crippen LogP contribution in [-0.2, 0) is 4.74 Å². The lowest BCUT2D eigenvalue weighted by Crippen LogP contribution is -2.46. The molecule has 24 heavy (non-hydrogen) atoms. The number of hydrogen-bond acceptors (Lipinski definition) is 2. The van der Waals surface area contributed by atoms with E-state index in [1.54, 1.807) is 11.8 Å². The Bertz CT molecular complexity index is 582. The zero-order valence-electron chi connectivity index (χ0n) is 13.9. The molecule has 0 aliphatic carbocycles. The quantitative estimate of drug-likeness (QED) is 0.914. The number of piperidine rings is 1. The maximum Gasteiger partial charge on any atom is 0.317 e. The fourth-order valence-corrected chi connectivity index (χ4v) is 3.66. The van der Waals surface area contributed by atoms with Crippen LogP contribution in [0.1, 0.15) is 44.2 Å². The summed E-state index contributed by atoms with van der Waals surface area (Å²) in [7, 11) is 0. The molecule has 2 amide bonds. The van der Waals surface area contributed by atoms with Crippen molar-refractivity contribution in [3.05, 3.63) is 35.4 Å². The second-order valence-electron chi connectivity index (χ2n) is 6.69. The molecule has 0 aromatic heterocycles. The number of nitrogens with one attached hydrogen (secondary N) is 1. The summed E-state index contributed by atoms with van der Waals surface area (Å²) in [5, 5.41) is 2.77. The Kier molecular flexibility index (Phi) is 5.33. The lowest BCUT2D eigenvalue weighted by Gasteiger charge is -2.35. The van der Waals surface area contributed by atoms with Crippen molar-refractivity contribution in [1.82, 2.24) is 10.2 Å². The number of halogens is 2. The van der Waals surface area contributed by atoms with Gasteiger partial charge in [-0.1, -0.05) is 12.1 Å². The number of rotatable bonds is 3. The predicted molar refractivity (Wildman–Crippen MR) is 86.6 cm³/mol. The Morgan fingerprint density at radius 2 is 2.04 bits per heavy atom. The summed E-state index contributed by atoms with van der Waals surface area (Å²) in [5.41, 5.74) is 0.164. The predicted octanol–water partition coefficient (Wildman–Crippen LogP) is 3.63. The Hall–Kier alpha value is -1.69. The molecular weight excluding hydrogens is 314 g/mol. The van der Waals surface area contributed by atoms with E-state index in [1.807, 2.05) is 0 Å². The largest absolute Gasteiger partial charge is 0.378 e. The number of urea groups is 1. The minimum absolute atomic E-state index is 0.164. The van der Waals surface area contributed by atoms with Crippen LogP contribution in [0.3, 0.4) is 0 Å². The number of amides is 2. The van der Waals surface area contributed by atoms with Gasteiger partial charge in [0.2, 0.25) is 0 Å². The molecule has 2 atom stereocenters. The molecule has 0 bridgehead atoms. The van der Waals surface area contributed by atoms with E-state index < -0.39 is 17.7 Å². The Balaban J connectivity index is 1.53. The van der Waals surface area contributed by atoms with E-state index in [4.69, 9.17) is 4.74 Å². The van der Waals surface area contributed by atoms with Crippen LogP contribution in [0.15, 0.2) is 18.2 Å². The average molecular weight is 338 g/mol. The summed E-state index contributed by atoms with van der Waals surface area (Å²) in [6.07, 6.45) is 4.45. The maximum absolute atomic E-state index is 13.8. The van der Waals surface area contributed by atoms with E-state index in [0.717, 1.165) is 38.4 Å². The van der Waals surface area contributed by atoms with Gasteiger partial charge < -0.3 is 15.0 Å². The lowest BCUT2D eigenvalue weighted by atomic mass is 9.90. The first-order valence-corrected chi connectivity index (χ1v) is 8.67. The molecule has 3 rings (SSSR count). The molecule has 0 unspecified atom stereocenters. The minimum Gasteiger partial charge on any atom is -0.378 e. The lowest BCUT2D eigenvalue weighted by molar-refractivity contribution is 0.0371. The SMILES string of the molecule is C[C@@H](NC(=O)N1CCC([C@@H]2CCCO2)CC1)c1cccc(F)c1F. The molecule has 4 nitrogen and oxygen atoms in total. The van der Waals surface area contributed by atoms with Gasteiger partial charge >= 0.3 is 6.03 Å². The molecule has 132 valence electrons. The number of benzene rings is 1. The summed E-state index contributed by atoms with van der Waals surface area (Å²) < 4.78 is 32.9. The van der Waals surface area contributed by atoms with Crippen molar-refractivity contribution < 1.29 is 18.3 Å². The smallest absolute Gasteiger partial charge is 0.317 e. The zero-order valence-corrected chi connectivity index (χ0v) is 13.9. The van der Waals surface area contributed by atoms with Gasteiger partial charge in [0.15, 0.2) is 11.6 Å². The van der Waals surface area contributed by atoms with Gasteiger partial charge in [-0.15, -0.1) is 0 Å². The third kappa shape index (κ3) is 3.69. The highest BCUT2D eigenvalue weighted by atomic mass is 19.2. The second-order valence-corrected chi connectivity index (χ2v) is 6.69. The summed E-state index contributed by atoms with van der Waals surface area (Å²) in [6, 6.07) is 3.21. The number of carbonyl (C=O) groups excluding carboxylic acids is 1. The molecule has 0 saturated carbocycles. The number of ether oxygens (including phenoxy) is 1. The summed E-state index contributed by atoms with van der Waals surface area (Å²) in [6.45, 7) is 3.86. The first-order valence-electron chi connectivity index (χ1n) is 8.67. The van der Waals surface area contributed by atoms with Crippen LogP contribution in [-0.4, -0.2) is 36.7 Å². The topological polar surface area (TPSA) is 41.6 Å². The molecule has 2 aliphatic heterocycles. The Labute approximate surface area is 141 Å². The Morgan fingerprint density at radius 3 is 2.71 bits per heavy atom. The van der Waals surface area contributed by atoms with Gasteiger partial charge in [0, 0.05) is 25.3 Å². The third-order valence-corrected chi connectivity index (χ3v) is 5.11. The fraction of sp³-hybridized carbons (Fsp3) is 0.611. The van der Waals surface area contributed by atoms with Crippen LogP contribution in [0.4, 0.5) is 13.6 Å². The molecule has 0 spiro atoms. The fourth-order valence-electron chi connectivity index (χ4n) is 3.66. The highest BCUT2D eigenvalue weighted by Crippen LogP contribution is 2.29. The highest BCUT2D eigenvalue weighted by molar-refractivity contribution is 5.74. The standard InChI is InChI=1S/C18H24F2N2O2/c1-12(14-4-2-5-15(19)17(14)20)21-18(23)22-9-7-13(8-10-22)16-6-3-11-24-16/h2,4-5,12-13,16H,3,6-11H2,1H3,(H,21,23)/t12-,16+/m1/s1. The van der Waals surface area contributed by atoms with Gasteiger partial charge in [-0.25, -0.2) is 13.6 Å². The minimum atomic E-state index is -0.901. The molecule has 2 aliphatic rings. The Morgan fingerprint density at radius 1 is 1.29 bits per heavy atom. The monoisotopic (exact) mass is 338 g/mol. The summed E-state index contributed by atoms with van der Waals surface area (Å²) >= 11 is 0. The number of nitrogens with zero attached hydrogens (tertiary/aromatic N) is 1. The van der Waals surface area contributed by atoms with Crippen molar-refractivity contribution in [2.75, 3.05) is 19.7 Å². The van der Waals surface area contributed by atoms with Crippen LogP contribution in [0.25, 0.3) is 0 Å². The summed E-state index contributed by atoms with van der Waals surface area (Å²) in [5.74, 6) is -1.27. The van der Waals surface area contributed by atoms with Crippen LogP contribution in [0.5, 0.6) is 0 Å². The number of likely N-dealkylation sites (tertiary alicyclic amines) is 1. The van der Waals surface area contributed by atoms with Crippen molar-refractivity contribution in [2.24, 2.45) is 5.92 Å². The van der Waals surface area contributed by atoms with E-state index in [0.29, 0.717) is 25.1 Å². The molecule has 1 N–H and O–H groups in total. The van der Waals surface area contributed by atoms with Gasteiger partial charge in [-0.2, -0.15) is 0 Å². The molecule has 2 fully saturated rings. The van der Waals surface area contributed by atoms with E-state index in [-0.39, 0.29) is 11.6 Å².